The lowest BCUT2D eigenvalue weighted by atomic mass is 9.73. The van der Waals surface area contributed by atoms with Gasteiger partial charge in [0.15, 0.2) is 0 Å². The number of likely N-dealkylation sites (tertiary alicyclic amines) is 1. The lowest BCUT2D eigenvalue weighted by Crippen LogP contribution is -2.52. The number of unbranched alkanes of at least 4 members (excludes halogenated alkanes) is 1. The van der Waals surface area contributed by atoms with Crippen molar-refractivity contribution in [2.45, 2.75) is 64.0 Å². The molecule has 1 fully saturated rings. The fraction of sp³-hybridized carbons (Fsp3) is 0.556. The molecule has 176 valence electrons. The van der Waals surface area contributed by atoms with Gasteiger partial charge in [0.2, 0.25) is 0 Å². The molecule has 32 heavy (non-hydrogen) atoms. The molecule has 2 atom stereocenters. The number of para-hydroxylation sites is 1. The number of ether oxygens (including phenoxy) is 2. The molecule has 1 saturated heterocycles. The van der Waals surface area contributed by atoms with Crippen molar-refractivity contribution in [2.75, 3.05) is 26.8 Å². The maximum atomic E-state index is 13.7. The van der Waals surface area contributed by atoms with Crippen molar-refractivity contribution in [2.24, 2.45) is 5.92 Å². The van der Waals surface area contributed by atoms with Crippen LogP contribution in [0, 0.1) is 11.7 Å². The lowest BCUT2D eigenvalue weighted by molar-refractivity contribution is -0.0750. The van der Waals surface area contributed by atoms with Crippen LogP contribution in [0.5, 0.6) is 11.5 Å². The van der Waals surface area contributed by atoms with Gasteiger partial charge in [0, 0.05) is 43.3 Å². The summed E-state index contributed by atoms with van der Waals surface area (Å²) in [5.41, 5.74) is -0.211. The van der Waals surface area contributed by atoms with E-state index in [9.17, 15) is 9.50 Å². The highest BCUT2D eigenvalue weighted by molar-refractivity contribution is 5.42. The summed E-state index contributed by atoms with van der Waals surface area (Å²) in [5.74, 6) is 0.748. The topological polar surface area (TPSA) is 41.9 Å². The van der Waals surface area contributed by atoms with Crippen molar-refractivity contribution in [1.29, 1.82) is 0 Å². The second kappa shape index (κ2) is 10.8. The number of methoxy groups -OCH3 is 1. The molecule has 0 radical (unpaired) electrons. The maximum Gasteiger partial charge on any atom is 0.133 e. The maximum absolute atomic E-state index is 13.7. The molecular weight excluding hydrogens is 405 g/mol. The van der Waals surface area contributed by atoms with Gasteiger partial charge in [0.25, 0.3) is 0 Å². The van der Waals surface area contributed by atoms with Crippen LogP contribution in [0.1, 0.15) is 58.4 Å². The van der Waals surface area contributed by atoms with E-state index in [1.54, 1.807) is 19.2 Å². The van der Waals surface area contributed by atoms with E-state index in [1.807, 2.05) is 24.3 Å². The van der Waals surface area contributed by atoms with E-state index in [4.69, 9.17) is 9.47 Å². The molecule has 0 unspecified atom stereocenters. The number of hydrogen-bond acceptors (Lipinski definition) is 4. The van der Waals surface area contributed by atoms with E-state index >= 15 is 0 Å². The van der Waals surface area contributed by atoms with Crippen molar-refractivity contribution in [1.82, 2.24) is 4.90 Å². The number of piperidine rings is 1. The van der Waals surface area contributed by atoms with Crippen molar-refractivity contribution in [3.63, 3.8) is 0 Å². The highest BCUT2D eigenvalue weighted by Gasteiger charge is 2.43. The second-order valence-corrected chi connectivity index (χ2v) is 9.89. The van der Waals surface area contributed by atoms with Crippen molar-refractivity contribution in [3.05, 3.63) is 59.9 Å². The fourth-order valence-corrected chi connectivity index (χ4v) is 4.75. The second-order valence-electron chi connectivity index (χ2n) is 9.89. The first-order chi connectivity index (χ1) is 15.2. The van der Waals surface area contributed by atoms with E-state index in [2.05, 4.69) is 25.7 Å². The average Bonchev–Trinajstić information content (AvgIpc) is 2.76. The number of rotatable bonds is 9. The Morgan fingerprint density at radius 3 is 2.59 bits per heavy atom. The van der Waals surface area contributed by atoms with Crippen LogP contribution in [0.2, 0.25) is 0 Å². The Bertz CT molecular complexity index is 866. The van der Waals surface area contributed by atoms with Crippen molar-refractivity contribution >= 4 is 0 Å². The first-order valence-electron chi connectivity index (χ1n) is 11.7. The molecule has 5 heteroatoms. The molecule has 3 rings (SSSR count). The summed E-state index contributed by atoms with van der Waals surface area (Å²) in [6.07, 6.45) is 4.38. The van der Waals surface area contributed by atoms with E-state index in [-0.39, 0.29) is 17.3 Å². The predicted molar refractivity (Wildman–Crippen MR) is 127 cm³/mol. The molecule has 1 heterocycles. The molecule has 0 saturated carbocycles. The largest absolute Gasteiger partial charge is 0.457 e. The Labute approximate surface area is 192 Å². The minimum Gasteiger partial charge on any atom is -0.457 e. The summed E-state index contributed by atoms with van der Waals surface area (Å²) in [6, 6.07) is 13.8. The van der Waals surface area contributed by atoms with Crippen LogP contribution in [0.25, 0.3) is 0 Å². The van der Waals surface area contributed by atoms with Gasteiger partial charge >= 0.3 is 0 Å². The molecule has 2 aromatic rings. The van der Waals surface area contributed by atoms with Gasteiger partial charge in [-0.25, -0.2) is 4.39 Å². The quantitative estimate of drug-likeness (QED) is 0.473. The highest BCUT2D eigenvalue weighted by Crippen LogP contribution is 2.45. The van der Waals surface area contributed by atoms with Crippen LogP contribution in [-0.4, -0.2) is 42.4 Å². The van der Waals surface area contributed by atoms with Crippen molar-refractivity contribution < 1.29 is 19.0 Å². The molecule has 1 N–H and O–H groups in total. The van der Waals surface area contributed by atoms with Crippen LogP contribution >= 0.6 is 0 Å². The zero-order valence-electron chi connectivity index (χ0n) is 19.9. The average molecular weight is 444 g/mol. The van der Waals surface area contributed by atoms with Gasteiger partial charge in [-0.3, -0.25) is 4.90 Å². The van der Waals surface area contributed by atoms with Gasteiger partial charge in [-0.15, -0.1) is 0 Å². The SMILES string of the molecule is COCCCC[C@@](O)(c1ccccc1Oc1cccc(F)c1)[C@@H]1CCCN(C(C)(C)C)C1. The molecule has 0 aliphatic carbocycles. The van der Waals surface area contributed by atoms with Gasteiger partial charge in [-0.2, -0.15) is 0 Å². The molecule has 4 nitrogen and oxygen atoms in total. The summed E-state index contributed by atoms with van der Waals surface area (Å²) < 4.78 is 25.1. The Morgan fingerprint density at radius 2 is 1.88 bits per heavy atom. The van der Waals surface area contributed by atoms with Gasteiger partial charge in [0.05, 0.1) is 5.60 Å². The summed E-state index contributed by atoms with van der Waals surface area (Å²) in [6.45, 7) is 9.24. The summed E-state index contributed by atoms with van der Waals surface area (Å²) in [5, 5.41) is 12.3. The fourth-order valence-electron chi connectivity index (χ4n) is 4.75. The predicted octanol–water partition coefficient (Wildman–Crippen LogP) is 6.13. The van der Waals surface area contributed by atoms with E-state index in [1.165, 1.54) is 12.1 Å². The summed E-state index contributed by atoms with van der Waals surface area (Å²) >= 11 is 0. The molecule has 1 aliphatic heterocycles. The summed E-state index contributed by atoms with van der Waals surface area (Å²) in [4.78, 5) is 2.47. The highest BCUT2D eigenvalue weighted by atomic mass is 19.1. The molecule has 0 spiro atoms. The lowest BCUT2D eigenvalue weighted by Gasteiger charge is -2.47. The first kappa shape index (κ1) is 24.7. The third kappa shape index (κ3) is 6.09. The van der Waals surface area contributed by atoms with Gasteiger partial charge in [-0.05, 0) is 77.6 Å². The van der Waals surface area contributed by atoms with Crippen LogP contribution in [-0.2, 0) is 10.3 Å². The number of benzene rings is 2. The van der Waals surface area contributed by atoms with Crippen molar-refractivity contribution in [3.8, 4) is 11.5 Å². The molecule has 0 amide bonds. The standard InChI is InChI=1S/C27H38FNO3/c1-26(2,3)29-17-10-11-21(20-29)27(30,16-7-8-18-31-4)24-14-5-6-15-25(24)32-23-13-9-12-22(28)19-23/h5-6,9,12-15,19,21,30H,7-8,10-11,16-18,20H2,1-4H3/t21-,27+/m1/s1. The summed E-state index contributed by atoms with van der Waals surface area (Å²) in [7, 11) is 1.71. The smallest absolute Gasteiger partial charge is 0.133 e. The van der Waals surface area contributed by atoms with Crippen LogP contribution in [0.4, 0.5) is 4.39 Å². The Hall–Kier alpha value is -1.95. The minimum absolute atomic E-state index is 0.0488. The number of halogens is 1. The van der Waals surface area contributed by atoms with Gasteiger partial charge < -0.3 is 14.6 Å². The van der Waals surface area contributed by atoms with Gasteiger partial charge in [0.1, 0.15) is 17.3 Å². The molecule has 0 bridgehead atoms. The Balaban J connectivity index is 1.94. The van der Waals surface area contributed by atoms with Crippen LogP contribution in [0.3, 0.4) is 0 Å². The third-order valence-electron chi connectivity index (χ3n) is 6.58. The van der Waals surface area contributed by atoms with Crippen LogP contribution < -0.4 is 4.74 Å². The molecule has 0 aromatic heterocycles. The zero-order chi connectivity index (χ0) is 23.2. The molecular formula is C27H38FNO3. The van der Waals surface area contributed by atoms with E-state index < -0.39 is 5.60 Å². The molecule has 2 aromatic carbocycles. The normalized spacial score (nSPS) is 19.5. The monoisotopic (exact) mass is 443 g/mol. The van der Waals surface area contributed by atoms with E-state index in [0.717, 1.165) is 44.3 Å². The number of hydrogen-bond donors (Lipinski definition) is 1. The number of aliphatic hydroxyl groups is 1. The Kier molecular flexibility index (Phi) is 8.32. The van der Waals surface area contributed by atoms with E-state index in [0.29, 0.717) is 24.5 Å². The first-order valence-corrected chi connectivity index (χ1v) is 11.7. The zero-order valence-corrected chi connectivity index (χ0v) is 19.9. The Morgan fingerprint density at radius 1 is 1.09 bits per heavy atom. The number of nitrogens with zero attached hydrogens (tertiary/aromatic N) is 1. The molecule has 1 aliphatic rings. The third-order valence-corrected chi connectivity index (χ3v) is 6.58. The van der Waals surface area contributed by atoms with Crippen LogP contribution in [0.15, 0.2) is 48.5 Å². The van der Waals surface area contributed by atoms with Gasteiger partial charge in [-0.1, -0.05) is 24.3 Å². The minimum atomic E-state index is -1.04.